The van der Waals surface area contributed by atoms with Crippen LogP contribution in [-0.4, -0.2) is 18.9 Å². The van der Waals surface area contributed by atoms with Crippen molar-refractivity contribution in [1.29, 1.82) is 5.41 Å². The molecule has 0 saturated carbocycles. The fourth-order valence-corrected chi connectivity index (χ4v) is 2.40. The lowest BCUT2D eigenvalue weighted by atomic mass is 9.82. The number of nitrogens with zero attached hydrogens (tertiary/aromatic N) is 1. The van der Waals surface area contributed by atoms with Crippen molar-refractivity contribution in [3.05, 3.63) is 29.6 Å². The van der Waals surface area contributed by atoms with Gasteiger partial charge in [0.2, 0.25) is 0 Å². The predicted molar refractivity (Wildman–Crippen MR) is 72.6 cm³/mol. The van der Waals surface area contributed by atoms with E-state index in [4.69, 9.17) is 11.1 Å². The molecule has 0 unspecified atom stereocenters. The van der Waals surface area contributed by atoms with Crippen molar-refractivity contribution in [2.75, 3.05) is 18.0 Å². The molecule has 0 aliphatic carbocycles. The first-order chi connectivity index (χ1) is 8.41. The van der Waals surface area contributed by atoms with Crippen molar-refractivity contribution in [2.24, 2.45) is 11.1 Å². The fraction of sp³-hybridized carbons (Fsp3) is 0.500. The van der Waals surface area contributed by atoms with Crippen LogP contribution < -0.4 is 10.6 Å². The molecule has 0 radical (unpaired) electrons. The Kier molecular flexibility index (Phi) is 3.28. The fourth-order valence-electron chi connectivity index (χ4n) is 2.40. The Morgan fingerprint density at radius 2 is 1.94 bits per heavy atom. The van der Waals surface area contributed by atoms with Gasteiger partial charge in [0.1, 0.15) is 11.7 Å². The number of piperidine rings is 1. The summed E-state index contributed by atoms with van der Waals surface area (Å²) >= 11 is 0. The number of rotatable bonds is 2. The summed E-state index contributed by atoms with van der Waals surface area (Å²) < 4.78 is 13.8. The summed E-state index contributed by atoms with van der Waals surface area (Å²) in [5, 5.41) is 7.52. The molecule has 3 nitrogen and oxygen atoms in total. The van der Waals surface area contributed by atoms with Gasteiger partial charge < -0.3 is 10.6 Å². The Labute approximate surface area is 107 Å². The summed E-state index contributed by atoms with van der Waals surface area (Å²) in [6.07, 6.45) is 2.14. The number of nitrogens with one attached hydrogen (secondary N) is 1. The standard InChI is InChI=1S/C14H20FN3/c1-14(2)6-8-18(9-7-14)11-5-3-4-10(15)12(11)13(16)17/h3-5H,6-9H2,1-2H3,(H3,16,17). The molecular formula is C14H20FN3. The van der Waals surface area contributed by atoms with Crippen LogP contribution >= 0.6 is 0 Å². The number of halogens is 1. The van der Waals surface area contributed by atoms with Crippen LogP contribution in [0, 0.1) is 16.6 Å². The average molecular weight is 249 g/mol. The Hall–Kier alpha value is -1.58. The lowest BCUT2D eigenvalue weighted by Crippen LogP contribution is -2.38. The number of benzene rings is 1. The summed E-state index contributed by atoms with van der Waals surface area (Å²) in [6.45, 7) is 6.27. The summed E-state index contributed by atoms with van der Waals surface area (Å²) in [7, 11) is 0. The normalized spacial score (nSPS) is 18.7. The molecular weight excluding hydrogens is 229 g/mol. The van der Waals surface area contributed by atoms with E-state index in [0.717, 1.165) is 31.6 Å². The zero-order valence-corrected chi connectivity index (χ0v) is 11.0. The van der Waals surface area contributed by atoms with E-state index in [1.54, 1.807) is 6.07 Å². The van der Waals surface area contributed by atoms with Crippen molar-refractivity contribution in [1.82, 2.24) is 0 Å². The molecule has 18 heavy (non-hydrogen) atoms. The molecule has 0 amide bonds. The minimum Gasteiger partial charge on any atom is -0.384 e. The second-order valence-corrected chi connectivity index (χ2v) is 5.70. The van der Waals surface area contributed by atoms with E-state index >= 15 is 0 Å². The van der Waals surface area contributed by atoms with Gasteiger partial charge in [-0.3, -0.25) is 5.41 Å². The Morgan fingerprint density at radius 1 is 1.33 bits per heavy atom. The van der Waals surface area contributed by atoms with Crippen LogP contribution in [0.15, 0.2) is 18.2 Å². The number of hydrogen-bond donors (Lipinski definition) is 2. The zero-order chi connectivity index (χ0) is 13.3. The molecule has 0 atom stereocenters. The van der Waals surface area contributed by atoms with Crippen molar-refractivity contribution in [3.63, 3.8) is 0 Å². The third-order valence-corrected chi connectivity index (χ3v) is 3.72. The summed E-state index contributed by atoms with van der Waals surface area (Å²) in [6, 6.07) is 4.88. The third-order valence-electron chi connectivity index (χ3n) is 3.72. The molecule has 1 aromatic carbocycles. The molecule has 1 saturated heterocycles. The molecule has 1 fully saturated rings. The molecule has 98 valence electrons. The van der Waals surface area contributed by atoms with E-state index in [-0.39, 0.29) is 11.4 Å². The van der Waals surface area contributed by atoms with Gasteiger partial charge in [0, 0.05) is 13.1 Å². The SMILES string of the molecule is CC1(C)CCN(c2cccc(F)c2C(=N)N)CC1. The number of anilines is 1. The topological polar surface area (TPSA) is 53.1 Å². The first kappa shape index (κ1) is 12.9. The first-order valence-corrected chi connectivity index (χ1v) is 6.28. The molecule has 2 rings (SSSR count). The highest BCUT2D eigenvalue weighted by molar-refractivity contribution is 6.00. The predicted octanol–water partition coefficient (Wildman–Crippen LogP) is 2.74. The number of nitrogens with two attached hydrogens (primary N) is 1. The van der Waals surface area contributed by atoms with Gasteiger partial charge >= 0.3 is 0 Å². The average Bonchev–Trinajstić information content (AvgIpc) is 2.28. The summed E-state index contributed by atoms with van der Waals surface area (Å²) in [5.41, 5.74) is 6.82. The van der Waals surface area contributed by atoms with E-state index in [1.165, 1.54) is 6.07 Å². The van der Waals surface area contributed by atoms with Gasteiger partial charge in [-0.05, 0) is 30.4 Å². The second-order valence-electron chi connectivity index (χ2n) is 5.70. The maximum absolute atomic E-state index is 13.8. The van der Waals surface area contributed by atoms with Crippen LogP contribution in [0.1, 0.15) is 32.3 Å². The smallest absolute Gasteiger partial charge is 0.136 e. The molecule has 3 N–H and O–H groups in total. The molecule has 0 bridgehead atoms. The van der Waals surface area contributed by atoms with Gasteiger partial charge in [0.25, 0.3) is 0 Å². The maximum atomic E-state index is 13.8. The first-order valence-electron chi connectivity index (χ1n) is 6.28. The van der Waals surface area contributed by atoms with Crippen molar-refractivity contribution < 1.29 is 4.39 Å². The van der Waals surface area contributed by atoms with E-state index < -0.39 is 5.82 Å². The highest BCUT2D eigenvalue weighted by atomic mass is 19.1. The van der Waals surface area contributed by atoms with Gasteiger partial charge in [0.15, 0.2) is 0 Å². The summed E-state index contributed by atoms with van der Waals surface area (Å²) in [5.74, 6) is -0.613. The minimum atomic E-state index is -0.412. The van der Waals surface area contributed by atoms with Crippen molar-refractivity contribution >= 4 is 11.5 Å². The third kappa shape index (κ3) is 2.47. The van der Waals surface area contributed by atoms with Crippen LogP contribution in [0.4, 0.5) is 10.1 Å². The van der Waals surface area contributed by atoms with Crippen molar-refractivity contribution in [2.45, 2.75) is 26.7 Å². The van der Waals surface area contributed by atoms with Crippen LogP contribution in [0.25, 0.3) is 0 Å². The van der Waals surface area contributed by atoms with Crippen molar-refractivity contribution in [3.8, 4) is 0 Å². The highest BCUT2D eigenvalue weighted by Gasteiger charge is 2.27. The Morgan fingerprint density at radius 3 is 2.50 bits per heavy atom. The Bertz CT molecular complexity index is 458. The molecule has 1 aliphatic heterocycles. The molecule has 4 heteroatoms. The molecule has 1 aromatic rings. The van der Waals surface area contributed by atoms with E-state index in [0.29, 0.717) is 5.41 Å². The van der Waals surface area contributed by atoms with E-state index in [9.17, 15) is 4.39 Å². The van der Waals surface area contributed by atoms with Gasteiger partial charge in [0.05, 0.1) is 11.3 Å². The van der Waals surface area contributed by atoms with Gasteiger partial charge in [-0.2, -0.15) is 0 Å². The van der Waals surface area contributed by atoms with Crippen LogP contribution in [0.2, 0.25) is 0 Å². The minimum absolute atomic E-state index is 0.201. The van der Waals surface area contributed by atoms with Crippen LogP contribution in [0.3, 0.4) is 0 Å². The number of amidine groups is 1. The van der Waals surface area contributed by atoms with E-state index in [2.05, 4.69) is 18.7 Å². The quantitative estimate of drug-likeness (QED) is 0.625. The Balaban J connectivity index is 2.30. The van der Waals surface area contributed by atoms with Gasteiger partial charge in [-0.1, -0.05) is 19.9 Å². The van der Waals surface area contributed by atoms with E-state index in [1.807, 2.05) is 6.07 Å². The number of nitrogen functional groups attached to an aromatic ring is 1. The van der Waals surface area contributed by atoms with Crippen LogP contribution in [-0.2, 0) is 0 Å². The van der Waals surface area contributed by atoms with Gasteiger partial charge in [-0.25, -0.2) is 4.39 Å². The lowest BCUT2D eigenvalue weighted by Gasteiger charge is -2.38. The van der Waals surface area contributed by atoms with Crippen LogP contribution in [0.5, 0.6) is 0 Å². The zero-order valence-electron chi connectivity index (χ0n) is 11.0. The second kappa shape index (κ2) is 4.59. The number of hydrogen-bond acceptors (Lipinski definition) is 2. The molecule has 0 aromatic heterocycles. The lowest BCUT2D eigenvalue weighted by molar-refractivity contribution is 0.279. The molecule has 1 heterocycles. The summed E-state index contributed by atoms with van der Waals surface area (Å²) in [4.78, 5) is 2.13. The molecule has 1 aliphatic rings. The maximum Gasteiger partial charge on any atom is 0.136 e. The monoisotopic (exact) mass is 249 g/mol. The highest BCUT2D eigenvalue weighted by Crippen LogP contribution is 2.33. The largest absolute Gasteiger partial charge is 0.384 e. The molecule has 0 spiro atoms. The van der Waals surface area contributed by atoms with Gasteiger partial charge in [-0.15, -0.1) is 0 Å².